The maximum Gasteiger partial charge on any atom is 0.202 e. The van der Waals surface area contributed by atoms with E-state index in [-0.39, 0.29) is 5.75 Å². The average molecular weight is 247 g/mol. The van der Waals surface area contributed by atoms with Crippen LogP contribution in [0.25, 0.3) is 0 Å². The molecule has 0 unspecified atom stereocenters. The van der Waals surface area contributed by atoms with Gasteiger partial charge in [0.15, 0.2) is 0 Å². The first-order valence-corrected chi connectivity index (χ1v) is 7.63. The van der Waals surface area contributed by atoms with Crippen LogP contribution in [0.1, 0.15) is 24.6 Å². The topological polar surface area (TPSA) is 72.0 Å². The average Bonchev–Trinajstić information content (AvgIpc) is 2.86. The molecular weight excluding hydrogens is 234 g/mol. The van der Waals surface area contributed by atoms with Gasteiger partial charge in [0.05, 0.1) is 5.75 Å². The molecule has 1 N–H and O–H groups in total. The van der Waals surface area contributed by atoms with E-state index in [1.807, 2.05) is 0 Å². The normalized spacial score (nSPS) is 16.6. The van der Waals surface area contributed by atoms with Crippen molar-refractivity contribution in [3.63, 3.8) is 0 Å². The van der Waals surface area contributed by atoms with Crippen LogP contribution in [-0.2, 0) is 9.84 Å². The standard InChI is InChI=1S/C8H13N3O2S2/c1-15(12,13)5-4-9-8-10-7(11-14-8)6-2-3-6/h6H,2-5H2,1H3,(H,9,10,11). The summed E-state index contributed by atoms with van der Waals surface area (Å²) >= 11 is 1.30. The Labute approximate surface area is 93.0 Å². The fourth-order valence-corrected chi connectivity index (χ4v) is 2.30. The Morgan fingerprint density at radius 3 is 2.87 bits per heavy atom. The highest BCUT2D eigenvalue weighted by molar-refractivity contribution is 7.90. The van der Waals surface area contributed by atoms with Crippen molar-refractivity contribution in [3.05, 3.63) is 5.82 Å². The number of hydrogen-bond acceptors (Lipinski definition) is 6. The molecule has 0 radical (unpaired) electrons. The highest BCUT2D eigenvalue weighted by Gasteiger charge is 2.27. The van der Waals surface area contributed by atoms with E-state index in [1.54, 1.807) is 0 Å². The molecule has 0 spiro atoms. The third-order valence-corrected chi connectivity index (χ3v) is 3.77. The second kappa shape index (κ2) is 4.05. The summed E-state index contributed by atoms with van der Waals surface area (Å²) in [5, 5.41) is 3.69. The minimum Gasteiger partial charge on any atom is -0.359 e. The van der Waals surface area contributed by atoms with E-state index < -0.39 is 9.84 Å². The van der Waals surface area contributed by atoms with Gasteiger partial charge in [0, 0.05) is 30.3 Å². The van der Waals surface area contributed by atoms with Crippen molar-refractivity contribution in [2.24, 2.45) is 0 Å². The number of anilines is 1. The summed E-state index contributed by atoms with van der Waals surface area (Å²) in [6.07, 6.45) is 3.59. The fourth-order valence-electron chi connectivity index (χ4n) is 1.16. The molecule has 1 heterocycles. The quantitative estimate of drug-likeness (QED) is 0.836. The van der Waals surface area contributed by atoms with Crippen LogP contribution in [0.4, 0.5) is 5.13 Å². The van der Waals surface area contributed by atoms with Gasteiger partial charge in [0.25, 0.3) is 0 Å². The number of aromatic nitrogens is 2. The zero-order valence-electron chi connectivity index (χ0n) is 8.43. The molecule has 15 heavy (non-hydrogen) atoms. The van der Waals surface area contributed by atoms with Crippen molar-refractivity contribution in [3.8, 4) is 0 Å². The zero-order valence-corrected chi connectivity index (χ0v) is 10.1. The molecule has 1 saturated carbocycles. The van der Waals surface area contributed by atoms with E-state index in [0.29, 0.717) is 12.5 Å². The van der Waals surface area contributed by atoms with Gasteiger partial charge in [-0.1, -0.05) is 0 Å². The molecule has 7 heteroatoms. The Morgan fingerprint density at radius 2 is 2.27 bits per heavy atom. The lowest BCUT2D eigenvalue weighted by atomic mass is 10.4. The van der Waals surface area contributed by atoms with Crippen LogP contribution in [0.3, 0.4) is 0 Å². The maximum atomic E-state index is 10.9. The van der Waals surface area contributed by atoms with Crippen molar-refractivity contribution in [1.82, 2.24) is 9.36 Å². The van der Waals surface area contributed by atoms with E-state index in [0.717, 1.165) is 11.0 Å². The molecule has 1 aromatic heterocycles. The van der Waals surface area contributed by atoms with Crippen LogP contribution in [-0.4, -0.2) is 36.3 Å². The predicted octanol–water partition coefficient (Wildman–Crippen LogP) is 0.872. The number of nitrogens with zero attached hydrogens (tertiary/aromatic N) is 2. The smallest absolute Gasteiger partial charge is 0.202 e. The lowest BCUT2D eigenvalue weighted by molar-refractivity contribution is 0.602. The van der Waals surface area contributed by atoms with Crippen LogP contribution in [0.5, 0.6) is 0 Å². The second-order valence-corrected chi connectivity index (χ2v) is 6.80. The van der Waals surface area contributed by atoms with Crippen LogP contribution in [0.15, 0.2) is 0 Å². The lowest BCUT2D eigenvalue weighted by Gasteiger charge is -1.99. The summed E-state index contributed by atoms with van der Waals surface area (Å²) in [5.41, 5.74) is 0. The van der Waals surface area contributed by atoms with Crippen molar-refractivity contribution in [2.75, 3.05) is 23.9 Å². The van der Waals surface area contributed by atoms with E-state index >= 15 is 0 Å². The van der Waals surface area contributed by atoms with E-state index in [9.17, 15) is 8.42 Å². The van der Waals surface area contributed by atoms with Gasteiger partial charge in [-0.25, -0.2) is 13.4 Å². The monoisotopic (exact) mass is 247 g/mol. The molecule has 1 aliphatic carbocycles. The minimum absolute atomic E-state index is 0.130. The maximum absolute atomic E-state index is 10.9. The molecule has 1 aliphatic rings. The largest absolute Gasteiger partial charge is 0.359 e. The summed E-state index contributed by atoms with van der Waals surface area (Å²) in [7, 11) is -2.90. The fraction of sp³-hybridized carbons (Fsp3) is 0.750. The first-order chi connectivity index (χ1) is 7.04. The zero-order chi connectivity index (χ0) is 10.9. The predicted molar refractivity (Wildman–Crippen MR) is 60.1 cm³/mol. The minimum atomic E-state index is -2.90. The van der Waals surface area contributed by atoms with Crippen molar-refractivity contribution in [1.29, 1.82) is 0 Å². The molecule has 0 aromatic carbocycles. The van der Waals surface area contributed by atoms with Crippen LogP contribution >= 0.6 is 11.5 Å². The van der Waals surface area contributed by atoms with Gasteiger partial charge >= 0.3 is 0 Å². The first kappa shape index (κ1) is 10.8. The summed E-state index contributed by atoms with van der Waals surface area (Å²) < 4.78 is 26.0. The molecule has 84 valence electrons. The number of sulfone groups is 1. The molecule has 1 aromatic rings. The molecule has 5 nitrogen and oxygen atoms in total. The number of hydrogen-bond donors (Lipinski definition) is 1. The number of nitrogens with one attached hydrogen (secondary N) is 1. The molecule has 0 aliphatic heterocycles. The van der Waals surface area contributed by atoms with E-state index in [4.69, 9.17) is 0 Å². The van der Waals surface area contributed by atoms with Crippen LogP contribution < -0.4 is 5.32 Å². The Morgan fingerprint density at radius 1 is 1.53 bits per heavy atom. The summed E-state index contributed by atoms with van der Waals surface area (Å²) in [6, 6.07) is 0. The van der Waals surface area contributed by atoms with Crippen LogP contribution in [0.2, 0.25) is 0 Å². The molecule has 2 rings (SSSR count). The van der Waals surface area contributed by atoms with Gasteiger partial charge in [0.2, 0.25) is 5.13 Å². The van der Waals surface area contributed by atoms with Gasteiger partial charge < -0.3 is 5.32 Å². The van der Waals surface area contributed by atoms with Gasteiger partial charge in [-0.05, 0) is 12.8 Å². The lowest BCUT2D eigenvalue weighted by Crippen LogP contribution is -2.13. The molecular formula is C8H13N3O2S2. The molecule has 1 fully saturated rings. The third kappa shape index (κ3) is 3.42. The highest BCUT2D eigenvalue weighted by Crippen LogP contribution is 2.39. The second-order valence-electron chi connectivity index (χ2n) is 3.79. The summed E-state index contributed by atoms with van der Waals surface area (Å²) in [6.45, 7) is 0.401. The van der Waals surface area contributed by atoms with Crippen LogP contribution in [0, 0.1) is 0 Å². The van der Waals surface area contributed by atoms with Gasteiger partial charge in [-0.3, -0.25) is 0 Å². The Kier molecular flexibility index (Phi) is 2.92. The molecule has 0 bridgehead atoms. The van der Waals surface area contributed by atoms with Crippen molar-refractivity contribution in [2.45, 2.75) is 18.8 Å². The molecule has 0 amide bonds. The number of rotatable bonds is 5. The Hall–Kier alpha value is -0.690. The SMILES string of the molecule is CS(=O)(=O)CCNc1nc(C2CC2)ns1. The summed E-state index contributed by atoms with van der Waals surface area (Å²) in [5.74, 6) is 1.58. The van der Waals surface area contributed by atoms with Crippen molar-refractivity contribution >= 4 is 26.5 Å². The van der Waals surface area contributed by atoms with Gasteiger partial charge in [0.1, 0.15) is 15.7 Å². The summed E-state index contributed by atoms with van der Waals surface area (Å²) in [4.78, 5) is 4.29. The first-order valence-electron chi connectivity index (χ1n) is 4.80. The Balaban J connectivity index is 1.83. The van der Waals surface area contributed by atoms with E-state index in [2.05, 4.69) is 14.7 Å². The Bertz CT molecular complexity index is 436. The third-order valence-electron chi connectivity index (χ3n) is 2.13. The van der Waals surface area contributed by atoms with E-state index in [1.165, 1.54) is 30.6 Å². The molecule has 0 saturated heterocycles. The van der Waals surface area contributed by atoms with Gasteiger partial charge in [-0.15, -0.1) is 0 Å². The van der Waals surface area contributed by atoms with Gasteiger partial charge in [-0.2, -0.15) is 4.37 Å². The van der Waals surface area contributed by atoms with Crippen molar-refractivity contribution < 1.29 is 8.42 Å². The highest BCUT2D eigenvalue weighted by atomic mass is 32.2. The molecule has 0 atom stereocenters.